The van der Waals surface area contributed by atoms with Crippen molar-refractivity contribution in [1.29, 1.82) is 0 Å². The number of amides is 2. The zero-order chi connectivity index (χ0) is 28.3. The minimum atomic E-state index is -4.65. The molecule has 0 radical (unpaired) electrons. The molecule has 3 aromatic heterocycles. The zero-order valence-corrected chi connectivity index (χ0v) is 21.3. The van der Waals surface area contributed by atoms with Gasteiger partial charge in [0.05, 0.1) is 38.4 Å². The van der Waals surface area contributed by atoms with Gasteiger partial charge in [0.2, 0.25) is 11.8 Å². The number of nitrogens with one attached hydrogen (secondary N) is 1. The number of ether oxygens (including phenoxy) is 3. The molecular formula is C24H26F3N9O4. The highest BCUT2D eigenvalue weighted by Crippen LogP contribution is 2.36. The lowest BCUT2D eigenvalue weighted by Crippen LogP contribution is -2.47. The molecule has 5 rings (SSSR count). The second-order valence-corrected chi connectivity index (χ2v) is 9.26. The number of primary amides is 1. The molecule has 16 heteroatoms. The van der Waals surface area contributed by atoms with Gasteiger partial charge >= 0.3 is 18.2 Å². The van der Waals surface area contributed by atoms with Gasteiger partial charge in [-0.25, -0.2) is 24.7 Å². The van der Waals surface area contributed by atoms with Crippen LogP contribution in [0, 0.1) is 0 Å². The second-order valence-electron chi connectivity index (χ2n) is 9.26. The quantitative estimate of drug-likeness (QED) is 0.416. The number of halogens is 3. The highest BCUT2D eigenvalue weighted by atomic mass is 19.4. The summed E-state index contributed by atoms with van der Waals surface area (Å²) in [6.07, 6.45) is 3.91. The van der Waals surface area contributed by atoms with Crippen molar-refractivity contribution in [1.82, 2.24) is 29.9 Å². The van der Waals surface area contributed by atoms with Crippen LogP contribution in [0.4, 0.5) is 29.7 Å². The Morgan fingerprint density at radius 3 is 2.30 bits per heavy atom. The number of rotatable bonds is 8. The minimum Gasteiger partial charge on any atom is -0.469 e. The van der Waals surface area contributed by atoms with Crippen molar-refractivity contribution < 1.29 is 32.2 Å². The third-order valence-corrected chi connectivity index (χ3v) is 6.57. The zero-order valence-electron chi connectivity index (χ0n) is 21.3. The summed E-state index contributed by atoms with van der Waals surface area (Å²) in [4.78, 5) is 38.5. The Bertz CT molecular complexity index is 1320. The molecule has 4 heterocycles. The fourth-order valence-electron chi connectivity index (χ4n) is 4.45. The predicted molar refractivity (Wildman–Crippen MR) is 134 cm³/mol. The topological polar surface area (TPSA) is 163 Å². The Balaban J connectivity index is 1.22. The summed E-state index contributed by atoms with van der Waals surface area (Å²) in [6.45, 7) is 0.404. The van der Waals surface area contributed by atoms with Crippen LogP contribution in [0.1, 0.15) is 31.2 Å². The first-order valence-electron chi connectivity index (χ1n) is 12.4. The van der Waals surface area contributed by atoms with E-state index in [-0.39, 0.29) is 37.3 Å². The van der Waals surface area contributed by atoms with Crippen molar-refractivity contribution in [2.45, 2.75) is 50.0 Å². The summed E-state index contributed by atoms with van der Waals surface area (Å²) in [5.41, 5.74) is 5.78. The molecule has 1 aliphatic heterocycles. The number of nitrogens with zero attached hydrogens (tertiary/aromatic N) is 7. The van der Waals surface area contributed by atoms with Gasteiger partial charge in [-0.2, -0.15) is 18.2 Å². The molecule has 40 heavy (non-hydrogen) atoms. The standard InChI is InChI=1S/C24H26F3N9O4/c1-38-23-32-6-13(7-33-23)18-9-30-19(10-29-18)36(21(28)37)15-4-2-14(3-5-15)34-22-31-8-17(24(25,26)27)20(35-22)40-16-11-39-12-16/h6-10,14-16H,2-5,11-12H2,1H3,(H2,28,37)(H,31,34,35). The van der Waals surface area contributed by atoms with Gasteiger partial charge in [-0.15, -0.1) is 0 Å². The molecule has 1 saturated carbocycles. The molecule has 1 saturated heterocycles. The number of urea groups is 1. The average Bonchev–Trinajstić information content (AvgIpc) is 2.92. The molecule has 0 atom stereocenters. The van der Waals surface area contributed by atoms with Gasteiger partial charge in [0.25, 0.3) is 0 Å². The van der Waals surface area contributed by atoms with Gasteiger partial charge in [0.1, 0.15) is 11.7 Å². The van der Waals surface area contributed by atoms with Gasteiger partial charge in [-0.1, -0.05) is 0 Å². The van der Waals surface area contributed by atoms with E-state index < -0.39 is 29.8 Å². The highest BCUT2D eigenvalue weighted by molar-refractivity contribution is 5.90. The van der Waals surface area contributed by atoms with Crippen LogP contribution in [0.3, 0.4) is 0 Å². The summed E-state index contributed by atoms with van der Waals surface area (Å²) in [5.74, 6) is -0.201. The minimum absolute atomic E-state index is 0.0300. The van der Waals surface area contributed by atoms with Gasteiger partial charge < -0.3 is 25.3 Å². The molecule has 2 amide bonds. The number of methoxy groups -OCH3 is 1. The third kappa shape index (κ3) is 6.11. The second kappa shape index (κ2) is 11.4. The van der Waals surface area contributed by atoms with Crippen LogP contribution in [-0.4, -0.2) is 74.4 Å². The summed E-state index contributed by atoms with van der Waals surface area (Å²) in [7, 11) is 1.46. The van der Waals surface area contributed by atoms with Gasteiger partial charge in [0.15, 0.2) is 5.82 Å². The number of alkyl halides is 3. The van der Waals surface area contributed by atoms with E-state index in [0.717, 1.165) is 0 Å². The van der Waals surface area contributed by atoms with E-state index in [1.54, 1.807) is 12.4 Å². The van der Waals surface area contributed by atoms with E-state index in [1.165, 1.54) is 24.4 Å². The maximum absolute atomic E-state index is 13.4. The largest absolute Gasteiger partial charge is 0.469 e. The SMILES string of the molecule is COc1ncc(-c2cnc(N(C(N)=O)C3CCC(Nc4ncc(C(F)(F)F)c(OC5COC5)n4)CC3)cn2)cn1. The van der Waals surface area contributed by atoms with Crippen LogP contribution in [0.15, 0.2) is 31.0 Å². The maximum atomic E-state index is 13.4. The molecular weight excluding hydrogens is 535 g/mol. The van der Waals surface area contributed by atoms with Crippen LogP contribution in [0.25, 0.3) is 11.3 Å². The Labute approximate surface area is 226 Å². The molecule has 0 bridgehead atoms. The molecule has 212 valence electrons. The fourth-order valence-corrected chi connectivity index (χ4v) is 4.45. The first kappa shape index (κ1) is 27.2. The van der Waals surface area contributed by atoms with Gasteiger partial charge in [-0.05, 0) is 25.7 Å². The highest BCUT2D eigenvalue weighted by Gasteiger charge is 2.38. The summed E-state index contributed by atoms with van der Waals surface area (Å²) >= 11 is 0. The Kier molecular flexibility index (Phi) is 7.77. The third-order valence-electron chi connectivity index (χ3n) is 6.57. The number of hydrogen-bond donors (Lipinski definition) is 2. The van der Waals surface area contributed by atoms with Crippen molar-refractivity contribution >= 4 is 17.8 Å². The van der Waals surface area contributed by atoms with Crippen molar-refractivity contribution in [2.24, 2.45) is 5.73 Å². The summed E-state index contributed by atoms with van der Waals surface area (Å²) in [5, 5.41) is 3.09. The van der Waals surface area contributed by atoms with Crippen LogP contribution in [0.2, 0.25) is 0 Å². The molecule has 1 aliphatic carbocycles. The first-order valence-corrected chi connectivity index (χ1v) is 12.4. The Morgan fingerprint density at radius 2 is 1.75 bits per heavy atom. The number of carbonyl (C=O) groups is 1. The van der Waals surface area contributed by atoms with Crippen molar-refractivity contribution in [3.05, 3.63) is 36.5 Å². The van der Waals surface area contributed by atoms with E-state index in [9.17, 15) is 18.0 Å². The van der Waals surface area contributed by atoms with Crippen LogP contribution in [-0.2, 0) is 10.9 Å². The summed E-state index contributed by atoms with van der Waals surface area (Å²) < 4.78 is 55.5. The maximum Gasteiger partial charge on any atom is 0.423 e. The van der Waals surface area contributed by atoms with E-state index >= 15 is 0 Å². The predicted octanol–water partition coefficient (Wildman–Crippen LogP) is 2.84. The lowest BCUT2D eigenvalue weighted by atomic mass is 9.90. The van der Waals surface area contributed by atoms with Crippen molar-refractivity contribution in [3.63, 3.8) is 0 Å². The smallest absolute Gasteiger partial charge is 0.423 e. The molecule has 0 spiro atoms. The van der Waals surface area contributed by atoms with Crippen LogP contribution >= 0.6 is 0 Å². The lowest BCUT2D eigenvalue weighted by molar-refractivity contribution is -0.142. The average molecular weight is 562 g/mol. The lowest BCUT2D eigenvalue weighted by Gasteiger charge is -2.35. The van der Waals surface area contributed by atoms with Crippen LogP contribution < -0.4 is 25.4 Å². The molecule has 2 aliphatic rings. The normalized spacial score (nSPS) is 19.4. The molecule has 3 aromatic rings. The molecule has 0 unspecified atom stereocenters. The van der Waals surface area contributed by atoms with Crippen LogP contribution in [0.5, 0.6) is 11.9 Å². The number of aromatic nitrogens is 6. The number of anilines is 2. The first-order chi connectivity index (χ1) is 19.2. The Hall–Kier alpha value is -4.34. The summed E-state index contributed by atoms with van der Waals surface area (Å²) in [6, 6.07) is -0.822. The molecule has 0 aromatic carbocycles. The van der Waals surface area contributed by atoms with Crippen molar-refractivity contribution in [2.75, 3.05) is 30.5 Å². The Morgan fingerprint density at radius 1 is 1.02 bits per heavy atom. The number of nitrogens with two attached hydrogens (primary N) is 1. The van der Waals surface area contributed by atoms with E-state index in [0.29, 0.717) is 49.0 Å². The van der Waals surface area contributed by atoms with Gasteiger partial charge in [-0.3, -0.25) is 9.88 Å². The molecule has 3 N–H and O–H groups in total. The molecule has 2 fully saturated rings. The fraction of sp³-hybridized carbons (Fsp3) is 0.458. The van der Waals surface area contributed by atoms with E-state index in [2.05, 4.69) is 35.2 Å². The molecule has 13 nitrogen and oxygen atoms in total. The number of carbonyl (C=O) groups excluding carboxylic acids is 1. The van der Waals surface area contributed by atoms with E-state index in [1.807, 2.05) is 0 Å². The van der Waals surface area contributed by atoms with E-state index in [4.69, 9.17) is 19.9 Å². The monoisotopic (exact) mass is 561 g/mol. The van der Waals surface area contributed by atoms with Gasteiger partial charge in [0, 0.05) is 36.2 Å². The number of hydrogen-bond acceptors (Lipinski definition) is 11. The van der Waals surface area contributed by atoms with Crippen molar-refractivity contribution in [3.8, 4) is 23.1 Å².